The topological polar surface area (TPSA) is 24.9 Å². The lowest BCUT2D eigenvalue weighted by Gasteiger charge is -2.07. The normalized spacial score (nSPS) is 10.9. The first-order valence-electron chi connectivity index (χ1n) is 4.51. The molecule has 0 aromatic carbocycles. The first kappa shape index (κ1) is 11.0. The predicted octanol–water partition coefficient (Wildman–Crippen LogP) is 2.05. The van der Waals surface area contributed by atoms with E-state index in [-0.39, 0.29) is 6.54 Å². The number of alkyl halides is 2. The third-order valence-electron chi connectivity index (χ3n) is 1.95. The average Bonchev–Trinajstić information content (AvgIpc) is 2.08. The lowest BCUT2D eigenvalue weighted by molar-refractivity contribution is 0.145. The van der Waals surface area contributed by atoms with E-state index < -0.39 is 6.43 Å². The van der Waals surface area contributed by atoms with Crippen LogP contribution in [0.5, 0.6) is 0 Å². The number of aryl methyl sites for hydroxylation is 2. The zero-order valence-electron chi connectivity index (χ0n) is 8.35. The fourth-order valence-electron chi connectivity index (χ4n) is 1.22. The number of aromatic nitrogens is 1. The molecule has 1 aromatic heterocycles. The van der Waals surface area contributed by atoms with Crippen LogP contribution >= 0.6 is 0 Å². The van der Waals surface area contributed by atoms with Crippen LogP contribution in [0.4, 0.5) is 8.78 Å². The van der Waals surface area contributed by atoms with Crippen LogP contribution in [0.1, 0.15) is 17.0 Å². The van der Waals surface area contributed by atoms with Gasteiger partial charge in [0.2, 0.25) is 0 Å². The van der Waals surface area contributed by atoms with Crippen LogP contribution in [-0.4, -0.2) is 18.0 Å². The molecular formula is C10H14F2N2. The summed E-state index contributed by atoms with van der Waals surface area (Å²) in [5, 5.41) is 2.67. The molecule has 0 aliphatic heterocycles. The van der Waals surface area contributed by atoms with Crippen molar-refractivity contribution in [3.63, 3.8) is 0 Å². The van der Waals surface area contributed by atoms with Crippen LogP contribution in [0, 0.1) is 13.8 Å². The number of nitrogens with one attached hydrogen (secondary N) is 1. The second kappa shape index (κ2) is 5.00. The van der Waals surface area contributed by atoms with Gasteiger partial charge in [-0.15, -0.1) is 0 Å². The number of hydrogen-bond acceptors (Lipinski definition) is 2. The van der Waals surface area contributed by atoms with Gasteiger partial charge in [0.05, 0.1) is 6.54 Å². The third-order valence-corrected chi connectivity index (χ3v) is 1.95. The molecule has 2 nitrogen and oxygen atoms in total. The molecule has 0 fully saturated rings. The minimum atomic E-state index is -2.30. The van der Waals surface area contributed by atoms with Gasteiger partial charge >= 0.3 is 0 Å². The molecule has 0 spiro atoms. The van der Waals surface area contributed by atoms with Crippen LogP contribution in [0.25, 0.3) is 0 Å². The summed E-state index contributed by atoms with van der Waals surface area (Å²) < 4.78 is 23.6. The smallest absolute Gasteiger partial charge is 0.250 e. The highest BCUT2D eigenvalue weighted by molar-refractivity contribution is 5.21. The van der Waals surface area contributed by atoms with E-state index in [0.717, 1.165) is 17.0 Å². The maximum Gasteiger partial charge on any atom is 0.250 e. The van der Waals surface area contributed by atoms with Gasteiger partial charge < -0.3 is 5.32 Å². The van der Waals surface area contributed by atoms with Crippen molar-refractivity contribution in [2.45, 2.75) is 26.8 Å². The van der Waals surface area contributed by atoms with Gasteiger partial charge in [0.1, 0.15) is 0 Å². The Morgan fingerprint density at radius 3 is 2.64 bits per heavy atom. The first-order chi connectivity index (χ1) is 6.59. The van der Waals surface area contributed by atoms with Crippen LogP contribution < -0.4 is 5.32 Å². The average molecular weight is 200 g/mol. The SMILES string of the molecule is Cc1ccc(CNCC(F)F)c(C)n1. The summed E-state index contributed by atoms with van der Waals surface area (Å²) in [4.78, 5) is 4.24. The summed E-state index contributed by atoms with van der Waals surface area (Å²) in [6.45, 7) is 3.96. The van der Waals surface area contributed by atoms with E-state index in [0.29, 0.717) is 6.54 Å². The summed E-state index contributed by atoms with van der Waals surface area (Å²) in [5.41, 5.74) is 2.81. The molecule has 0 radical (unpaired) electrons. The fourth-order valence-corrected chi connectivity index (χ4v) is 1.22. The molecule has 1 heterocycles. The van der Waals surface area contributed by atoms with Crippen LogP contribution in [0.3, 0.4) is 0 Å². The molecule has 0 saturated carbocycles. The lowest BCUT2D eigenvalue weighted by atomic mass is 10.2. The van der Waals surface area contributed by atoms with Crippen molar-refractivity contribution < 1.29 is 8.78 Å². The van der Waals surface area contributed by atoms with Crippen molar-refractivity contribution in [3.05, 3.63) is 29.1 Å². The maximum absolute atomic E-state index is 11.8. The van der Waals surface area contributed by atoms with Gasteiger partial charge in [-0.25, -0.2) is 8.78 Å². The fraction of sp³-hybridized carbons (Fsp3) is 0.500. The van der Waals surface area contributed by atoms with Crippen molar-refractivity contribution in [2.24, 2.45) is 0 Å². The molecule has 0 aliphatic rings. The molecule has 1 N–H and O–H groups in total. The number of nitrogens with zero attached hydrogens (tertiary/aromatic N) is 1. The number of halogens is 2. The Morgan fingerprint density at radius 2 is 2.07 bits per heavy atom. The van der Waals surface area contributed by atoms with Gasteiger partial charge in [0, 0.05) is 17.9 Å². The lowest BCUT2D eigenvalue weighted by Crippen LogP contribution is -2.21. The van der Waals surface area contributed by atoms with Gasteiger partial charge in [-0.2, -0.15) is 0 Å². The van der Waals surface area contributed by atoms with E-state index in [9.17, 15) is 8.78 Å². The zero-order chi connectivity index (χ0) is 10.6. The summed E-state index contributed by atoms with van der Waals surface area (Å²) in [5.74, 6) is 0. The molecule has 0 bridgehead atoms. The second-order valence-electron chi connectivity index (χ2n) is 3.22. The van der Waals surface area contributed by atoms with Gasteiger partial charge in [-0.05, 0) is 25.5 Å². The maximum atomic E-state index is 11.8. The van der Waals surface area contributed by atoms with Crippen LogP contribution in [0.15, 0.2) is 12.1 Å². The van der Waals surface area contributed by atoms with Gasteiger partial charge in [0.25, 0.3) is 6.43 Å². The van der Waals surface area contributed by atoms with E-state index in [1.807, 2.05) is 26.0 Å². The van der Waals surface area contributed by atoms with E-state index >= 15 is 0 Å². The van der Waals surface area contributed by atoms with Crippen molar-refractivity contribution in [2.75, 3.05) is 6.54 Å². The molecule has 0 unspecified atom stereocenters. The number of pyridine rings is 1. The molecular weight excluding hydrogens is 186 g/mol. The van der Waals surface area contributed by atoms with Crippen molar-refractivity contribution in [1.82, 2.24) is 10.3 Å². The molecule has 0 saturated heterocycles. The molecule has 14 heavy (non-hydrogen) atoms. The molecule has 4 heteroatoms. The molecule has 0 amide bonds. The minimum Gasteiger partial charge on any atom is -0.307 e. The molecule has 0 aliphatic carbocycles. The standard InChI is InChI=1S/C10H14F2N2/c1-7-3-4-9(8(2)14-7)5-13-6-10(11)12/h3-4,10,13H,5-6H2,1-2H3. The third kappa shape index (κ3) is 3.38. The van der Waals surface area contributed by atoms with E-state index in [2.05, 4.69) is 10.3 Å². The number of rotatable bonds is 4. The molecule has 78 valence electrons. The Bertz CT molecular complexity index is 300. The largest absolute Gasteiger partial charge is 0.307 e. The first-order valence-corrected chi connectivity index (χ1v) is 4.51. The van der Waals surface area contributed by atoms with Crippen LogP contribution in [-0.2, 0) is 6.54 Å². The highest BCUT2D eigenvalue weighted by atomic mass is 19.3. The monoisotopic (exact) mass is 200 g/mol. The van der Waals surface area contributed by atoms with E-state index in [1.165, 1.54) is 0 Å². The van der Waals surface area contributed by atoms with Crippen molar-refractivity contribution in [3.8, 4) is 0 Å². The molecule has 1 rings (SSSR count). The second-order valence-corrected chi connectivity index (χ2v) is 3.22. The van der Waals surface area contributed by atoms with Crippen molar-refractivity contribution >= 4 is 0 Å². The predicted molar refractivity (Wildman–Crippen MR) is 51.4 cm³/mol. The minimum absolute atomic E-state index is 0.271. The Hall–Kier alpha value is -1.03. The Morgan fingerprint density at radius 1 is 1.36 bits per heavy atom. The Balaban J connectivity index is 2.51. The highest BCUT2D eigenvalue weighted by Crippen LogP contribution is 2.05. The summed E-state index contributed by atoms with van der Waals surface area (Å²) in [6, 6.07) is 3.79. The van der Waals surface area contributed by atoms with Crippen LogP contribution in [0.2, 0.25) is 0 Å². The van der Waals surface area contributed by atoms with Gasteiger partial charge in [0.15, 0.2) is 0 Å². The van der Waals surface area contributed by atoms with Gasteiger partial charge in [-0.1, -0.05) is 6.07 Å². The Kier molecular flexibility index (Phi) is 3.95. The summed E-state index contributed by atoms with van der Waals surface area (Å²) >= 11 is 0. The van der Waals surface area contributed by atoms with Crippen molar-refractivity contribution in [1.29, 1.82) is 0 Å². The van der Waals surface area contributed by atoms with E-state index in [4.69, 9.17) is 0 Å². The molecule has 1 aromatic rings. The number of hydrogen-bond donors (Lipinski definition) is 1. The highest BCUT2D eigenvalue weighted by Gasteiger charge is 2.03. The summed E-state index contributed by atoms with van der Waals surface area (Å²) in [6.07, 6.45) is -2.30. The zero-order valence-corrected chi connectivity index (χ0v) is 8.35. The summed E-state index contributed by atoms with van der Waals surface area (Å²) in [7, 11) is 0. The van der Waals surface area contributed by atoms with Gasteiger partial charge in [-0.3, -0.25) is 4.98 Å². The quantitative estimate of drug-likeness (QED) is 0.804. The molecule has 0 atom stereocenters. The Labute approximate surface area is 82.4 Å². The van der Waals surface area contributed by atoms with E-state index in [1.54, 1.807) is 0 Å².